The van der Waals surface area contributed by atoms with Crippen molar-refractivity contribution in [1.29, 1.82) is 0 Å². The van der Waals surface area contributed by atoms with Gasteiger partial charge in [0.25, 0.3) is 0 Å². The fraction of sp³-hybridized carbons (Fsp3) is 0.0182. The molecule has 0 unspecified atom stereocenters. The molecule has 2 heteroatoms. The van der Waals surface area contributed by atoms with Crippen LogP contribution in [0.4, 0.5) is 17.1 Å². The molecule has 0 aliphatic heterocycles. The van der Waals surface area contributed by atoms with Crippen molar-refractivity contribution in [3.05, 3.63) is 247 Å². The number of rotatable bonds is 7. The van der Waals surface area contributed by atoms with Gasteiger partial charge in [-0.25, -0.2) is 0 Å². The zero-order chi connectivity index (χ0) is 37.8. The number of hydrogen-bond donors (Lipinski definition) is 0. The Morgan fingerprint density at radius 2 is 0.754 bits per heavy atom. The van der Waals surface area contributed by atoms with Gasteiger partial charge in [0.15, 0.2) is 0 Å². The summed E-state index contributed by atoms with van der Waals surface area (Å²) in [5.74, 6) is 0. The van der Waals surface area contributed by atoms with Gasteiger partial charge in [-0.3, -0.25) is 0 Å². The van der Waals surface area contributed by atoms with Gasteiger partial charge in [0.05, 0.1) is 5.41 Å². The molecule has 0 amide bonds. The van der Waals surface area contributed by atoms with E-state index in [2.05, 4.69) is 217 Å². The van der Waals surface area contributed by atoms with Crippen LogP contribution in [-0.2, 0) is 5.41 Å². The van der Waals surface area contributed by atoms with Crippen molar-refractivity contribution in [3.8, 4) is 33.4 Å². The molecule has 57 heavy (non-hydrogen) atoms. The summed E-state index contributed by atoms with van der Waals surface area (Å²) in [5, 5.41) is 2.28. The number of hydrogen-bond acceptors (Lipinski definition) is 2. The van der Waals surface area contributed by atoms with E-state index in [0.29, 0.717) is 0 Å². The zero-order valence-corrected chi connectivity index (χ0v) is 31.2. The molecule has 0 saturated carbocycles. The summed E-state index contributed by atoms with van der Waals surface area (Å²) in [5.41, 5.74) is 17.0. The highest BCUT2D eigenvalue weighted by atomic mass is 16.3. The molecule has 1 aliphatic carbocycles. The molecule has 268 valence electrons. The number of para-hydroxylation sites is 1. The van der Waals surface area contributed by atoms with Gasteiger partial charge in [-0.05, 0) is 110 Å². The monoisotopic (exact) mass is 727 g/mol. The van der Waals surface area contributed by atoms with Gasteiger partial charge in [-0.2, -0.15) is 0 Å². The molecule has 1 aliphatic rings. The fourth-order valence-electron chi connectivity index (χ4n) is 9.16. The topological polar surface area (TPSA) is 16.4 Å². The summed E-state index contributed by atoms with van der Waals surface area (Å²) in [7, 11) is 0. The van der Waals surface area contributed by atoms with Gasteiger partial charge in [0, 0.05) is 27.8 Å². The summed E-state index contributed by atoms with van der Waals surface area (Å²) in [6, 6.07) is 81.2. The lowest BCUT2D eigenvalue weighted by atomic mass is 9.68. The number of benzene rings is 9. The molecule has 1 aromatic heterocycles. The van der Waals surface area contributed by atoms with Crippen LogP contribution in [0.3, 0.4) is 0 Å². The van der Waals surface area contributed by atoms with E-state index in [1.165, 1.54) is 44.5 Å². The number of nitrogens with zero attached hydrogens (tertiary/aromatic N) is 1. The molecular formula is C55H37NO. The van der Waals surface area contributed by atoms with Crippen LogP contribution < -0.4 is 4.90 Å². The molecule has 1 heterocycles. The number of furan rings is 1. The minimum atomic E-state index is -0.447. The normalized spacial score (nSPS) is 12.7. The maximum atomic E-state index is 6.25. The molecule has 9 aromatic carbocycles. The second kappa shape index (κ2) is 13.4. The van der Waals surface area contributed by atoms with E-state index in [9.17, 15) is 0 Å². The highest BCUT2D eigenvalue weighted by molar-refractivity contribution is 6.06. The van der Waals surface area contributed by atoms with E-state index in [1.807, 2.05) is 12.1 Å². The van der Waals surface area contributed by atoms with Crippen LogP contribution in [0.25, 0.3) is 55.3 Å². The zero-order valence-electron chi connectivity index (χ0n) is 31.2. The quantitative estimate of drug-likeness (QED) is 0.163. The molecule has 0 atom stereocenters. The maximum absolute atomic E-state index is 6.25. The van der Waals surface area contributed by atoms with Crippen molar-refractivity contribution < 1.29 is 4.42 Å². The van der Waals surface area contributed by atoms with Gasteiger partial charge in [-0.15, -0.1) is 0 Å². The van der Waals surface area contributed by atoms with Crippen LogP contribution >= 0.6 is 0 Å². The van der Waals surface area contributed by atoms with Crippen molar-refractivity contribution in [3.63, 3.8) is 0 Å². The molecule has 0 radical (unpaired) electrons. The van der Waals surface area contributed by atoms with Gasteiger partial charge in [-0.1, -0.05) is 170 Å². The molecule has 0 fully saturated rings. The lowest BCUT2D eigenvalue weighted by Crippen LogP contribution is -2.28. The molecular weight excluding hydrogens is 691 g/mol. The third-order valence-corrected chi connectivity index (χ3v) is 11.8. The Balaban J connectivity index is 1.02. The van der Waals surface area contributed by atoms with Crippen LogP contribution in [0.5, 0.6) is 0 Å². The van der Waals surface area contributed by atoms with Gasteiger partial charge >= 0.3 is 0 Å². The number of fused-ring (bicyclic) bond motifs is 6. The van der Waals surface area contributed by atoms with E-state index < -0.39 is 5.41 Å². The average molecular weight is 728 g/mol. The predicted molar refractivity (Wildman–Crippen MR) is 237 cm³/mol. The summed E-state index contributed by atoms with van der Waals surface area (Å²) >= 11 is 0. The van der Waals surface area contributed by atoms with E-state index in [-0.39, 0.29) is 0 Å². The number of anilines is 3. The third-order valence-electron chi connectivity index (χ3n) is 11.8. The summed E-state index contributed by atoms with van der Waals surface area (Å²) in [6.07, 6.45) is 0. The lowest BCUT2D eigenvalue weighted by Gasteiger charge is -2.34. The first kappa shape index (κ1) is 33.0. The fourth-order valence-corrected chi connectivity index (χ4v) is 9.16. The van der Waals surface area contributed by atoms with Crippen molar-refractivity contribution in [1.82, 2.24) is 0 Å². The Labute approximate surface area is 332 Å². The standard InChI is InChI=1S/C55H37NO/c1-3-13-38(14-4-1)39-23-30-44(31-24-39)56(45-32-25-40(26-33-45)41-27-36-50-49-19-9-12-22-53(49)57-54(50)37-41)46-34-28-43(29-35-46)55(42-15-5-2-6-16-42)51-20-10-7-17-47(51)48-18-8-11-21-52(48)55/h1-37H. The highest BCUT2D eigenvalue weighted by Crippen LogP contribution is 2.56. The summed E-state index contributed by atoms with van der Waals surface area (Å²) in [4.78, 5) is 2.36. The molecule has 0 saturated heterocycles. The van der Waals surface area contributed by atoms with Gasteiger partial charge < -0.3 is 9.32 Å². The third kappa shape index (κ3) is 5.33. The average Bonchev–Trinajstić information content (AvgIpc) is 3.81. The highest BCUT2D eigenvalue weighted by Gasteiger charge is 2.45. The van der Waals surface area contributed by atoms with E-state index in [0.717, 1.165) is 50.1 Å². The minimum Gasteiger partial charge on any atom is -0.456 e. The van der Waals surface area contributed by atoms with Crippen LogP contribution in [-0.4, -0.2) is 0 Å². The summed E-state index contributed by atoms with van der Waals surface area (Å²) < 4.78 is 6.25. The lowest BCUT2D eigenvalue weighted by molar-refractivity contribution is 0.669. The van der Waals surface area contributed by atoms with Crippen LogP contribution in [0.2, 0.25) is 0 Å². The van der Waals surface area contributed by atoms with Gasteiger partial charge in [0.1, 0.15) is 11.2 Å². The maximum Gasteiger partial charge on any atom is 0.136 e. The van der Waals surface area contributed by atoms with Crippen molar-refractivity contribution in [2.24, 2.45) is 0 Å². The SMILES string of the molecule is c1ccc(-c2ccc(N(c3ccc(-c4ccc5c(c4)oc4ccccc45)cc3)c3ccc(C4(c5ccccc5)c5ccccc5-c5ccccc54)cc3)cc2)cc1. The summed E-state index contributed by atoms with van der Waals surface area (Å²) in [6.45, 7) is 0. The van der Waals surface area contributed by atoms with E-state index in [1.54, 1.807) is 0 Å². The Bertz CT molecular complexity index is 2990. The van der Waals surface area contributed by atoms with Crippen LogP contribution in [0.15, 0.2) is 229 Å². The van der Waals surface area contributed by atoms with E-state index in [4.69, 9.17) is 4.42 Å². The molecule has 10 aromatic rings. The van der Waals surface area contributed by atoms with Crippen LogP contribution in [0.1, 0.15) is 22.3 Å². The smallest absolute Gasteiger partial charge is 0.136 e. The predicted octanol–water partition coefficient (Wildman–Crippen LogP) is 14.8. The minimum absolute atomic E-state index is 0.447. The first-order valence-electron chi connectivity index (χ1n) is 19.6. The molecule has 2 nitrogen and oxygen atoms in total. The molecule has 11 rings (SSSR count). The van der Waals surface area contributed by atoms with Crippen molar-refractivity contribution in [2.75, 3.05) is 4.90 Å². The Morgan fingerprint density at radius 3 is 1.39 bits per heavy atom. The van der Waals surface area contributed by atoms with Gasteiger partial charge in [0.2, 0.25) is 0 Å². The second-order valence-corrected chi connectivity index (χ2v) is 14.9. The Kier molecular flexibility index (Phi) is 7.75. The largest absolute Gasteiger partial charge is 0.456 e. The first-order chi connectivity index (χ1) is 28.3. The molecule has 0 N–H and O–H groups in total. The van der Waals surface area contributed by atoms with Crippen LogP contribution in [0, 0.1) is 0 Å². The van der Waals surface area contributed by atoms with Crippen molar-refractivity contribution in [2.45, 2.75) is 5.41 Å². The second-order valence-electron chi connectivity index (χ2n) is 14.9. The molecule has 0 bridgehead atoms. The molecule has 0 spiro atoms. The first-order valence-corrected chi connectivity index (χ1v) is 19.6. The van der Waals surface area contributed by atoms with Crippen molar-refractivity contribution >= 4 is 39.0 Å². The Morgan fingerprint density at radius 1 is 0.316 bits per heavy atom. The Hall–Kier alpha value is -7.42. The van der Waals surface area contributed by atoms with E-state index >= 15 is 0 Å².